The Morgan fingerprint density at radius 1 is 0.472 bits per heavy atom. The first kappa shape index (κ1) is 92.7. The largest absolute Gasteiger partial charge is 0.481 e. The number of hydrogen-bond acceptors (Lipinski definition) is 25. The van der Waals surface area contributed by atoms with Crippen LogP contribution in [-0.4, -0.2) is 184 Å². The number of nitrogens with zero attached hydrogens (tertiary/aromatic N) is 12. The Kier molecular flexibility index (Phi) is 31.9. The lowest BCUT2D eigenvalue weighted by atomic mass is 9.64. The van der Waals surface area contributed by atoms with E-state index in [1.165, 1.54) is 12.4 Å². The zero-order valence-corrected chi connectivity index (χ0v) is 73.8. The van der Waals surface area contributed by atoms with Crippen LogP contribution in [0.5, 0.6) is 6.01 Å². The Morgan fingerprint density at radius 3 is 1.26 bits per heavy atom. The van der Waals surface area contributed by atoms with Crippen LogP contribution < -0.4 is 45.6 Å². The third-order valence-corrected chi connectivity index (χ3v) is 25.6. The summed E-state index contributed by atoms with van der Waals surface area (Å²) in [5, 5.41) is 71.8. The molecule has 5 aromatic heterocycles. The summed E-state index contributed by atoms with van der Waals surface area (Å²) in [5.41, 5.74) is 7.41. The highest BCUT2D eigenvalue weighted by Crippen LogP contribution is 2.50. The topological polar surface area (TPSA) is 381 Å². The molecular formula is C95H119ClN16O13. The van der Waals surface area contributed by atoms with Crippen LogP contribution in [0.2, 0.25) is 5.02 Å². The molecule has 3 aliphatic carbocycles. The second kappa shape index (κ2) is 42.9. The minimum absolute atomic E-state index is 0.309. The summed E-state index contributed by atoms with van der Waals surface area (Å²) in [5.74, 6) is 0.111. The van der Waals surface area contributed by atoms with E-state index < -0.39 is 45.5 Å². The molecule has 0 unspecified atom stereocenters. The fraction of sp³-hybridized carbons (Fsp3) is 0.495. The Balaban J connectivity index is 0.000000152. The third kappa shape index (κ3) is 22.1. The first-order valence-electron chi connectivity index (χ1n) is 44.0. The van der Waals surface area contributed by atoms with E-state index in [2.05, 4.69) is 108 Å². The van der Waals surface area contributed by atoms with Gasteiger partial charge >= 0.3 is 29.9 Å². The van der Waals surface area contributed by atoms with Gasteiger partial charge in [0.2, 0.25) is 0 Å². The fourth-order valence-corrected chi connectivity index (χ4v) is 17.6. The van der Waals surface area contributed by atoms with Gasteiger partial charge in [-0.3, -0.25) is 19.2 Å². The first-order chi connectivity index (χ1) is 60.4. The van der Waals surface area contributed by atoms with Gasteiger partial charge in [0.05, 0.1) is 91.6 Å². The summed E-state index contributed by atoms with van der Waals surface area (Å²) in [6, 6.07) is 36.1. The van der Waals surface area contributed by atoms with Gasteiger partial charge in [-0.05, 0) is 245 Å². The van der Waals surface area contributed by atoms with Crippen molar-refractivity contribution in [3.8, 4) is 18.1 Å². The van der Waals surface area contributed by atoms with Crippen molar-refractivity contribution in [3.05, 3.63) is 173 Å². The van der Waals surface area contributed by atoms with Crippen molar-refractivity contribution in [2.45, 2.75) is 210 Å². The maximum absolute atomic E-state index is 12.1. The minimum atomic E-state index is -1.02. The molecule has 15 rings (SSSR count). The molecule has 7 aliphatic rings. The summed E-state index contributed by atoms with van der Waals surface area (Å²) >= 11 is 6.04. The summed E-state index contributed by atoms with van der Waals surface area (Å²) < 4.78 is 27.6. The van der Waals surface area contributed by atoms with Crippen molar-refractivity contribution in [1.82, 2.24) is 29.9 Å². The summed E-state index contributed by atoms with van der Waals surface area (Å²) in [7, 11) is 0. The molecule has 0 bridgehead atoms. The van der Waals surface area contributed by atoms with E-state index in [9.17, 15) is 39.6 Å². The molecule has 4 saturated heterocycles. The van der Waals surface area contributed by atoms with E-state index in [0.29, 0.717) is 120 Å². The van der Waals surface area contributed by atoms with Crippen LogP contribution in [0.3, 0.4) is 0 Å². The Bertz CT molecular complexity index is 4860. The first-order valence-corrected chi connectivity index (χ1v) is 44.4. The number of ether oxygens (including phenoxy) is 5. The van der Waals surface area contributed by atoms with Crippen LogP contribution in [0.15, 0.2) is 134 Å². The molecule has 0 atom stereocenters. The molecule has 125 heavy (non-hydrogen) atoms. The molecule has 0 radical (unpaired) electrons. The molecule has 30 heteroatoms. The van der Waals surface area contributed by atoms with Gasteiger partial charge < -0.3 is 85.0 Å². The second-order valence-corrected chi connectivity index (χ2v) is 34.3. The van der Waals surface area contributed by atoms with Crippen LogP contribution >= 0.6 is 11.6 Å². The summed E-state index contributed by atoms with van der Waals surface area (Å²) in [6.07, 6.45) is 24.1. The summed E-state index contributed by atoms with van der Waals surface area (Å²) in [4.78, 5) is 84.2. The lowest BCUT2D eigenvalue weighted by molar-refractivity contribution is -0.148. The summed E-state index contributed by atoms with van der Waals surface area (Å²) in [6.45, 7) is 25.9. The molecule has 664 valence electrons. The number of aromatic nitrogens is 6. The number of carboxylic acid groups (broad SMARTS) is 4. The number of rotatable bonds is 31. The number of nitrogens with one attached hydrogen (secondary N) is 4. The van der Waals surface area contributed by atoms with Crippen LogP contribution in [0.4, 0.5) is 68.8 Å². The van der Waals surface area contributed by atoms with Gasteiger partial charge in [-0.2, -0.15) is 10.5 Å². The number of pyridine rings is 4. The van der Waals surface area contributed by atoms with E-state index in [0.717, 1.165) is 218 Å². The molecule has 8 aromatic rings. The lowest BCUT2D eigenvalue weighted by Gasteiger charge is -2.40. The Labute approximate surface area is 737 Å². The molecule has 8 N–H and O–H groups in total. The molecule has 3 aromatic carbocycles. The SMILES string of the molecule is CCN(c1ccc(C2(C(=O)O)CCC2)cc1Nc1ccc(C#N)cn1)C1CCOCC1.CCN(c1ncc(C2(C(=O)O)CCC2)cc1Nc1ccc(C#N)cn1)C1CCOCC1.CCN(c1ncc(C2(C(=O)O)CCC2)cc1Nc1ccc(Cl)cc1)C1CCOCC1.CCOc1ncc(Nc2cc(C(C)(C)C(=O)O)ccc2N(CC(C)C)C2CCOCC2)cn1. The maximum atomic E-state index is 12.1. The van der Waals surface area contributed by atoms with Gasteiger partial charge in [0.15, 0.2) is 11.6 Å². The van der Waals surface area contributed by atoms with Gasteiger partial charge in [-0.1, -0.05) is 56.8 Å². The van der Waals surface area contributed by atoms with Gasteiger partial charge in [-0.15, -0.1) is 0 Å². The Hall–Kier alpha value is -11.5. The van der Waals surface area contributed by atoms with Crippen LogP contribution in [0.25, 0.3) is 0 Å². The number of nitriles is 2. The van der Waals surface area contributed by atoms with E-state index in [-0.39, 0.29) is 0 Å². The van der Waals surface area contributed by atoms with Crippen molar-refractivity contribution in [1.29, 1.82) is 10.5 Å². The van der Waals surface area contributed by atoms with Crippen molar-refractivity contribution >= 4 is 104 Å². The van der Waals surface area contributed by atoms with Crippen molar-refractivity contribution < 1.29 is 63.3 Å². The molecule has 7 fully saturated rings. The molecule has 0 spiro atoms. The van der Waals surface area contributed by atoms with Crippen LogP contribution in [0, 0.1) is 28.6 Å². The van der Waals surface area contributed by atoms with E-state index in [4.69, 9.17) is 55.8 Å². The quantitative estimate of drug-likeness (QED) is 0.0200. The van der Waals surface area contributed by atoms with Gasteiger partial charge in [-0.25, -0.2) is 29.9 Å². The van der Waals surface area contributed by atoms with Crippen molar-refractivity contribution in [2.24, 2.45) is 5.92 Å². The van der Waals surface area contributed by atoms with Gasteiger partial charge in [0.1, 0.15) is 23.8 Å². The monoisotopic (exact) mass is 1730 g/mol. The predicted molar refractivity (Wildman–Crippen MR) is 484 cm³/mol. The molecule has 3 saturated carbocycles. The number of carbonyl (C=O) groups is 4. The Morgan fingerprint density at radius 2 is 0.864 bits per heavy atom. The van der Waals surface area contributed by atoms with Crippen molar-refractivity contribution in [3.63, 3.8) is 0 Å². The smallest absolute Gasteiger partial charge is 0.316 e. The van der Waals surface area contributed by atoms with E-state index in [1.54, 1.807) is 62.9 Å². The zero-order valence-electron chi connectivity index (χ0n) is 73.0. The highest BCUT2D eigenvalue weighted by Gasteiger charge is 2.49. The lowest BCUT2D eigenvalue weighted by Crippen LogP contribution is -2.43. The second-order valence-electron chi connectivity index (χ2n) is 33.9. The molecular weight excluding hydrogens is 1610 g/mol. The molecule has 4 aliphatic heterocycles. The fourth-order valence-electron chi connectivity index (χ4n) is 17.5. The average molecular weight is 1730 g/mol. The average Bonchev–Trinajstić information content (AvgIpc) is 0.765. The van der Waals surface area contributed by atoms with Gasteiger partial charge in [0, 0.05) is 139 Å². The third-order valence-electron chi connectivity index (χ3n) is 25.4. The number of carboxylic acids is 4. The normalized spacial score (nSPS) is 17.2. The zero-order chi connectivity index (χ0) is 88.8. The predicted octanol–water partition coefficient (Wildman–Crippen LogP) is 17.4. The number of hydrogen-bond donors (Lipinski definition) is 8. The molecule has 9 heterocycles. The minimum Gasteiger partial charge on any atom is -0.481 e. The van der Waals surface area contributed by atoms with Crippen LogP contribution in [-0.2, 0) is 59.8 Å². The standard InChI is InChI=1S/C25H36N4O4.C24H28N4O3.C23H28ClN3O3.C23H27N5O3/c1-6-33-24-26-14-19(15-27-24)28-21-13-18(25(4,5)23(30)31)7-8-22(21)29(16-17(2)3)20-9-11-32-12-10-20;1-2-28(19-8-12-31-13-9-19)21-6-5-18(24(23(29)30)10-3-11-24)14-20(21)27-22-7-4-17(15-25)16-26-22;1-2-27(19-8-12-30-13-9-19)21-20(26-18-6-4-17(24)5-7-18)14-16(15-25-21)23(22(28)29)10-3-11-23;1-2-28(18-6-10-31-11-7-18)21-19(27-20-5-4-16(13-24)14-25-20)12-17(15-26-21)23(22(29)30)8-3-9-23/h7-8,13-15,17,20,28H,6,9-12,16H2,1-5H3,(H,30,31);4-7,14,16,19H,2-3,8-13H2,1H3,(H,26,27)(H,29,30);4-7,14-15,19,26H,2-3,8-13H2,1H3,(H,28,29);4-5,12,14-15,18H,2-3,6-11H2,1H3,(H,25,27)(H,29,30). The highest BCUT2D eigenvalue weighted by atomic mass is 35.5. The number of benzene rings is 3. The molecule has 29 nitrogen and oxygen atoms in total. The maximum Gasteiger partial charge on any atom is 0.316 e. The number of anilines is 12. The van der Waals surface area contributed by atoms with E-state index >= 15 is 0 Å². The van der Waals surface area contributed by atoms with Crippen LogP contribution in [0.1, 0.15) is 198 Å². The van der Waals surface area contributed by atoms with Gasteiger partial charge in [0.25, 0.3) is 0 Å². The number of aliphatic carboxylic acids is 4. The highest BCUT2D eigenvalue weighted by molar-refractivity contribution is 6.30. The molecule has 0 amide bonds. The number of halogens is 1. The van der Waals surface area contributed by atoms with Crippen molar-refractivity contribution in [2.75, 3.05) is 127 Å². The van der Waals surface area contributed by atoms with E-state index in [1.807, 2.05) is 79.7 Å².